The molecule has 0 fully saturated rings. The first-order valence-corrected chi connectivity index (χ1v) is 15.1. The zero-order valence-electron chi connectivity index (χ0n) is 26.9. The maximum absolute atomic E-state index is 13.8. The lowest BCUT2D eigenvalue weighted by Crippen LogP contribution is -2.38. The zero-order valence-corrected chi connectivity index (χ0v) is 26.9. The predicted molar refractivity (Wildman–Crippen MR) is 178 cm³/mol. The Labute approximate surface area is 258 Å². The summed E-state index contributed by atoms with van der Waals surface area (Å²) in [5.74, 6) is -0.336. The van der Waals surface area contributed by atoms with E-state index >= 15 is 0 Å². The Balaban J connectivity index is 1.58. The molecule has 0 saturated heterocycles. The molecule has 0 bridgehead atoms. The van der Waals surface area contributed by atoms with Crippen molar-refractivity contribution in [3.63, 3.8) is 0 Å². The average molecular weight is 590 g/mol. The summed E-state index contributed by atoms with van der Waals surface area (Å²) >= 11 is 0. The summed E-state index contributed by atoms with van der Waals surface area (Å²) in [6.07, 6.45) is 5.54. The highest BCUT2D eigenvalue weighted by Gasteiger charge is 2.47. The number of aromatic nitrogens is 2. The second-order valence-corrected chi connectivity index (χ2v) is 13.2. The Morgan fingerprint density at radius 3 is 2.18 bits per heavy atom. The van der Waals surface area contributed by atoms with Crippen LogP contribution in [0.5, 0.6) is 5.88 Å². The molecule has 0 amide bonds. The molecule has 6 rings (SSSR count). The molecule has 3 aliphatic rings. The number of likely N-dealkylation sites (N-methyl/N-ethyl adjacent to an activating group) is 1. The molecule has 0 atom stereocenters. The van der Waals surface area contributed by atoms with Gasteiger partial charge in [-0.2, -0.15) is 4.58 Å². The van der Waals surface area contributed by atoms with Crippen molar-refractivity contribution in [1.29, 1.82) is 0 Å². The van der Waals surface area contributed by atoms with Gasteiger partial charge in [0.1, 0.15) is 12.6 Å². The molecule has 2 aliphatic heterocycles. The Morgan fingerprint density at radius 2 is 1.52 bits per heavy atom. The molecule has 1 aromatic heterocycles. The van der Waals surface area contributed by atoms with Gasteiger partial charge in [0.25, 0.3) is 5.56 Å². The molecular weight excluding hydrogens is 548 g/mol. The molecule has 7 heteroatoms. The molecule has 3 heterocycles. The van der Waals surface area contributed by atoms with E-state index in [2.05, 4.69) is 112 Å². The fraction of sp³-hybridized carbons (Fsp3) is 0.324. The number of hydrogen-bond donors (Lipinski definition) is 1. The van der Waals surface area contributed by atoms with Crippen LogP contribution in [0.25, 0.3) is 5.57 Å². The fourth-order valence-corrected chi connectivity index (χ4v) is 7.70. The van der Waals surface area contributed by atoms with Gasteiger partial charge in [-0.25, -0.2) is 4.79 Å². The lowest BCUT2D eigenvalue weighted by molar-refractivity contribution is -0.402. The maximum atomic E-state index is 13.8. The van der Waals surface area contributed by atoms with Crippen molar-refractivity contribution in [1.82, 2.24) is 9.13 Å². The topological polar surface area (TPSA) is 70.5 Å². The summed E-state index contributed by atoms with van der Waals surface area (Å²) < 4.78 is 4.39. The number of para-hydroxylation sites is 2. The van der Waals surface area contributed by atoms with Gasteiger partial charge in [0.05, 0.1) is 5.41 Å². The van der Waals surface area contributed by atoms with E-state index in [-0.39, 0.29) is 22.3 Å². The minimum absolute atomic E-state index is 0.131. The largest absolute Gasteiger partial charge is 0.494 e. The van der Waals surface area contributed by atoms with Crippen molar-refractivity contribution in [3.8, 4) is 5.88 Å². The monoisotopic (exact) mass is 589 g/mol. The van der Waals surface area contributed by atoms with Gasteiger partial charge >= 0.3 is 5.69 Å². The van der Waals surface area contributed by atoms with Gasteiger partial charge in [-0.1, -0.05) is 62.9 Å². The number of anilines is 1. The second kappa shape index (κ2) is 9.94. The highest BCUT2D eigenvalue weighted by molar-refractivity contribution is 6.12. The summed E-state index contributed by atoms with van der Waals surface area (Å²) in [6.45, 7) is 13.5. The van der Waals surface area contributed by atoms with Crippen molar-refractivity contribution < 1.29 is 9.68 Å². The number of benzene rings is 2. The first kappa shape index (κ1) is 29.4. The molecule has 0 radical (unpaired) electrons. The highest BCUT2D eigenvalue weighted by Crippen LogP contribution is 2.49. The Bertz CT molecular complexity index is 2030. The molecule has 44 heavy (non-hydrogen) atoms. The third kappa shape index (κ3) is 3.98. The van der Waals surface area contributed by atoms with Crippen LogP contribution >= 0.6 is 0 Å². The number of rotatable bonds is 4. The van der Waals surface area contributed by atoms with E-state index in [1.54, 1.807) is 0 Å². The van der Waals surface area contributed by atoms with Crippen LogP contribution in [-0.2, 0) is 24.9 Å². The first-order valence-electron chi connectivity index (χ1n) is 15.1. The normalized spacial score (nSPS) is 20.2. The van der Waals surface area contributed by atoms with Crippen molar-refractivity contribution in [2.45, 2.75) is 51.4 Å². The third-order valence-electron chi connectivity index (χ3n) is 10.1. The van der Waals surface area contributed by atoms with Gasteiger partial charge in [0, 0.05) is 55.1 Å². The second-order valence-electron chi connectivity index (χ2n) is 13.2. The lowest BCUT2D eigenvalue weighted by Gasteiger charge is -2.24. The summed E-state index contributed by atoms with van der Waals surface area (Å²) in [4.78, 5) is 28.7. The van der Waals surface area contributed by atoms with Gasteiger partial charge in [-0.3, -0.25) is 13.9 Å². The first-order chi connectivity index (χ1) is 20.7. The SMILES string of the molecule is C=C(C1=C(c2c(O)n(C)c(=O)n(C)c2=O)/C(=C/C=C2/N(C)c3ccccc3C2(C)C)CC1)C1=[N+](C)c2ccccc2C1(C)C. The van der Waals surface area contributed by atoms with Crippen molar-refractivity contribution in [3.05, 3.63) is 127 Å². The Kier molecular flexibility index (Phi) is 6.65. The van der Waals surface area contributed by atoms with Gasteiger partial charge in [0.2, 0.25) is 11.6 Å². The minimum Gasteiger partial charge on any atom is -0.494 e. The van der Waals surface area contributed by atoms with Crippen LogP contribution in [-0.4, -0.2) is 38.6 Å². The van der Waals surface area contributed by atoms with E-state index in [1.807, 2.05) is 6.07 Å². The van der Waals surface area contributed by atoms with Crippen LogP contribution < -0.4 is 16.1 Å². The van der Waals surface area contributed by atoms with E-state index in [9.17, 15) is 14.7 Å². The molecule has 226 valence electrons. The molecule has 0 unspecified atom stereocenters. The molecule has 2 aromatic carbocycles. The van der Waals surface area contributed by atoms with Gasteiger partial charge in [0.15, 0.2) is 5.71 Å². The van der Waals surface area contributed by atoms with E-state index in [1.165, 1.54) is 30.9 Å². The number of hydrogen-bond acceptors (Lipinski definition) is 4. The summed E-state index contributed by atoms with van der Waals surface area (Å²) in [5, 5.41) is 11.4. The third-order valence-corrected chi connectivity index (χ3v) is 10.1. The smallest absolute Gasteiger partial charge is 0.333 e. The zero-order chi connectivity index (χ0) is 31.9. The van der Waals surface area contributed by atoms with E-state index in [4.69, 9.17) is 0 Å². The molecule has 1 N–H and O–H groups in total. The van der Waals surface area contributed by atoms with E-state index < -0.39 is 11.2 Å². The quantitative estimate of drug-likeness (QED) is 0.389. The predicted octanol–water partition coefficient (Wildman–Crippen LogP) is 5.84. The molecule has 3 aromatic rings. The van der Waals surface area contributed by atoms with Crippen molar-refractivity contribution in [2.24, 2.45) is 14.1 Å². The fourth-order valence-electron chi connectivity index (χ4n) is 7.70. The number of fused-ring (bicyclic) bond motifs is 2. The van der Waals surface area contributed by atoms with Crippen LogP contribution in [0.1, 0.15) is 57.2 Å². The van der Waals surface area contributed by atoms with Crippen molar-refractivity contribution in [2.75, 3.05) is 19.0 Å². The van der Waals surface area contributed by atoms with Gasteiger partial charge < -0.3 is 10.0 Å². The molecule has 0 spiro atoms. The van der Waals surface area contributed by atoms with Crippen molar-refractivity contribution >= 4 is 22.7 Å². The number of aromatic hydroxyl groups is 1. The highest BCUT2D eigenvalue weighted by atomic mass is 16.3. The van der Waals surface area contributed by atoms with E-state index in [0.29, 0.717) is 18.4 Å². The van der Waals surface area contributed by atoms with Gasteiger partial charge in [-0.15, -0.1) is 0 Å². The number of nitrogens with zero attached hydrogens (tertiary/aromatic N) is 4. The lowest BCUT2D eigenvalue weighted by atomic mass is 9.77. The van der Waals surface area contributed by atoms with Crippen LogP contribution in [0, 0.1) is 0 Å². The maximum Gasteiger partial charge on any atom is 0.333 e. The average Bonchev–Trinajstić information content (AvgIpc) is 3.56. The Morgan fingerprint density at radius 1 is 0.886 bits per heavy atom. The molecule has 7 nitrogen and oxygen atoms in total. The summed E-state index contributed by atoms with van der Waals surface area (Å²) in [7, 11) is 7.08. The molecule has 1 aliphatic carbocycles. The van der Waals surface area contributed by atoms with Crippen LogP contribution in [0.2, 0.25) is 0 Å². The van der Waals surface area contributed by atoms with Gasteiger partial charge in [-0.05, 0) is 61.1 Å². The summed E-state index contributed by atoms with van der Waals surface area (Å²) in [6, 6.07) is 16.8. The molecule has 0 saturated carbocycles. The van der Waals surface area contributed by atoms with Crippen LogP contribution in [0.4, 0.5) is 11.4 Å². The molecular formula is C37H41N4O3+. The van der Waals surface area contributed by atoms with E-state index in [0.717, 1.165) is 42.9 Å². The number of allylic oxidation sites excluding steroid dienone is 7. The van der Waals surface area contributed by atoms with Crippen LogP contribution in [0.15, 0.2) is 99.3 Å². The van der Waals surface area contributed by atoms with Crippen LogP contribution in [0.3, 0.4) is 0 Å². The Hall–Kier alpha value is -4.65. The minimum atomic E-state index is -0.573. The summed E-state index contributed by atoms with van der Waals surface area (Å²) in [5.41, 5.74) is 8.78. The standard InChI is InChI=1S/C37H40N4O3/c1-22(32-37(4,5)26-15-11-13-17-28(26)39(32)7)24-20-18-23(30(24)31-33(42)40(8)35(44)41(9)34(31)43)19-21-29-36(2,3)25-14-10-12-16-27(25)38(29)6/h10-17,19,21H,1,18,20H2,2-9H3/p+1/b23-19+,29-21+.